The molecular formula is C7H14N2O4S2. The zero-order valence-corrected chi connectivity index (χ0v) is 10.3. The Kier molecular flexibility index (Phi) is 3.39. The van der Waals surface area contributed by atoms with Crippen LogP contribution in [0.1, 0.15) is 6.92 Å². The molecular weight excluding hydrogens is 240 g/mol. The SMILES string of the molecule is CC(=O)N1CCS(=O)(=NS(C)(=O)=O)CC1. The summed E-state index contributed by atoms with van der Waals surface area (Å²) in [5.41, 5.74) is 0. The molecule has 1 aliphatic rings. The standard InChI is InChI=1S/C7H14N2O4S2/c1-7(10)9-3-5-15(13,6-4-9)8-14(2,11)12/h3-6H2,1-2H3. The molecule has 0 bridgehead atoms. The van der Waals surface area contributed by atoms with E-state index in [0.717, 1.165) is 6.26 Å². The highest BCUT2D eigenvalue weighted by Gasteiger charge is 2.23. The molecule has 0 N–H and O–H groups in total. The molecule has 0 aromatic rings. The molecule has 1 aliphatic heterocycles. The number of amides is 1. The molecule has 0 aliphatic carbocycles. The van der Waals surface area contributed by atoms with Crippen molar-refractivity contribution in [2.75, 3.05) is 30.9 Å². The Bertz CT molecular complexity index is 459. The predicted molar refractivity (Wildman–Crippen MR) is 57.4 cm³/mol. The van der Waals surface area contributed by atoms with Crippen LogP contribution in [-0.4, -0.2) is 54.3 Å². The van der Waals surface area contributed by atoms with Crippen molar-refractivity contribution in [3.8, 4) is 0 Å². The summed E-state index contributed by atoms with van der Waals surface area (Å²) < 4.78 is 37.0. The van der Waals surface area contributed by atoms with E-state index in [0.29, 0.717) is 13.1 Å². The quantitative estimate of drug-likeness (QED) is 0.618. The minimum Gasteiger partial charge on any atom is -0.341 e. The lowest BCUT2D eigenvalue weighted by atomic mass is 10.5. The first kappa shape index (κ1) is 12.4. The smallest absolute Gasteiger partial charge is 0.257 e. The van der Waals surface area contributed by atoms with E-state index in [1.54, 1.807) is 4.90 Å². The van der Waals surface area contributed by atoms with Gasteiger partial charge in [-0.2, -0.15) is 0 Å². The first-order valence-corrected chi connectivity index (χ1v) is 8.11. The van der Waals surface area contributed by atoms with Crippen LogP contribution < -0.4 is 0 Å². The number of carbonyl (C=O) groups excluding carboxylic acids is 1. The third kappa shape index (κ3) is 3.78. The van der Waals surface area contributed by atoms with Gasteiger partial charge in [-0.25, -0.2) is 12.6 Å². The van der Waals surface area contributed by atoms with Crippen molar-refractivity contribution in [1.29, 1.82) is 0 Å². The summed E-state index contributed by atoms with van der Waals surface area (Å²) >= 11 is 0. The zero-order chi connectivity index (χ0) is 11.7. The third-order valence-electron chi connectivity index (χ3n) is 2.08. The summed E-state index contributed by atoms with van der Waals surface area (Å²) in [4.78, 5) is 12.5. The fraction of sp³-hybridized carbons (Fsp3) is 0.857. The minimum atomic E-state index is -3.57. The highest BCUT2D eigenvalue weighted by molar-refractivity contribution is 8.03. The molecule has 15 heavy (non-hydrogen) atoms. The molecule has 1 rings (SSSR count). The Balaban J connectivity index is 2.85. The summed E-state index contributed by atoms with van der Waals surface area (Å²) in [5.74, 6) is 0.190. The fourth-order valence-corrected chi connectivity index (χ4v) is 5.14. The number of hydrogen-bond donors (Lipinski definition) is 0. The molecule has 1 fully saturated rings. The third-order valence-corrected chi connectivity index (χ3v) is 5.89. The average Bonchev–Trinajstić information content (AvgIpc) is 2.00. The second-order valence-electron chi connectivity index (χ2n) is 3.49. The number of sulfonamides is 1. The summed E-state index contributed by atoms with van der Waals surface area (Å²) in [6.07, 6.45) is 0.928. The number of nitrogens with zero attached hydrogens (tertiary/aromatic N) is 2. The molecule has 1 amide bonds. The normalized spacial score (nSPS) is 21.1. The molecule has 0 aromatic carbocycles. The van der Waals surface area contributed by atoms with Crippen LogP contribution in [0.5, 0.6) is 0 Å². The maximum Gasteiger partial charge on any atom is 0.257 e. The van der Waals surface area contributed by atoms with Crippen LogP contribution in [-0.2, 0) is 24.5 Å². The molecule has 0 unspecified atom stereocenters. The number of hydrogen-bond acceptors (Lipinski definition) is 4. The van der Waals surface area contributed by atoms with Crippen LogP contribution in [0.15, 0.2) is 3.77 Å². The van der Waals surface area contributed by atoms with Gasteiger partial charge in [0.1, 0.15) is 0 Å². The lowest BCUT2D eigenvalue weighted by molar-refractivity contribution is -0.128. The van der Waals surface area contributed by atoms with E-state index in [2.05, 4.69) is 3.77 Å². The van der Waals surface area contributed by atoms with Gasteiger partial charge in [0.05, 0.1) is 27.5 Å². The Morgan fingerprint density at radius 2 is 1.80 bits per heavy atom. The van der Waals surface area contributed by atoms with Crippen LogP contribution >= 0.6 is 0 Å². The van der Waals surface area contributed by atoms with Crippen LogP contribution in [0.3, 0.4) is 0 Å². The second-order valence-corrected chi connectivity index (χ2v) is 7.92. The maximum absolute atomic E-state index is 11.9. The van der Waals surface area contributed by atoms with Crippen molar-refractivity contribution < 1.29 is 17.4 Å². The van der Waals surface area contributed by atoms with E-state index in [-0.39, 0.29) is 17.4 Å². The fourth-order valence-electron chi connectivity index (χ4n) is 1.36. The molecule has 0 atom stereocenters. The van der Waals surface area contributed by atoms with E-state index in [4.69, 9.17) is 0 Å². The first-order chi connectivity index (χ1) is 6.72. The highest BCUT2D eigenvalue weighted by Crippen LogP contribution is 2.09. The zero-order valence-electron chi connectivity index (χ0n) is 8.67. The minimum absolute atomic E-state index is 0.0872. The Morgan fingerprint density at radius 1 is 1.33 bits per heavy atom. The Labute approximate surface area is 89.9 Å². The number of carbonyl (C=O) groups is 1. The molecule has 88 valence electrons. The van der Waals surface area contributed by atoms with Crippen molar-refractivity contribution in [3.05, 3.63) is 0 Å². The second kappa shape index (κ2) is 4.09. The topological polar surface area (TPSA) is 83.9 Å². The summed E-state index contributed by atoms with van der Waals surface area (Å²) in [7, 11) is -6.25. The number of rotatable bonds is 1. The molecule has 0 saturated carbocycles. The van der Waals surface area contributed by atoms with Gasteiger partial charge < -0.3 is 4.90 Å². The lowest BCUT2D eigenvalue weighted by Gasteiger charge is -2.27. The van der Waals surface area contributed by atoms with Crippen molar-refractivity contribution in [1.82, 2.24) is 4.90 Å². The van der Waals surface area contributed by atoms with Gasteiger partial charge in [0, 0.05) is 20.0 Å². The largest absolute Gasteiger partial charge is 0.341 e. The summed E-state index contributed by atoms with van der Waals surface area (Å²) in [6.45, 7) is 2.06. The van der Waals surface area contributed by atoms with Gasteiger partial charge in [0.15, 0.2) is 0 Å². The van der Waals surface area contributed by atoms with Crippen molar-refractivity contribution in [2.24, 2.45) is 3.77 Å². The van der Waals surface area contributed by atoms with Gasteiger partial charge in [-0.3, -0.25) is 4.79 Å². The summed E-state index contributed by atoms with van der Waals surface area (Å²) in [6, 6.07) is 0. The van der Waals surface area contributed by atoms with Gasteiger partial charge in [0.2, 0.25) is 5.91 Å². The highest BCUT2D eigenvalue weighted by atomic mass is 32.3. The van der Waals surface area contributed by atoms with Gasteiger partial charge >= 0.3 is 0 Å². The maximum atomic E-state index is 11.9. The molecule has 6 nitrogen and oxygen atoms in total. The van der Waals surface area contributed by atoms with Crippen molar-refractivity contribution in [3.63, 3.8) is 0 Å². The van der Waals surface area contributed by atoms with Crippen molar-refractivity contribution >= 4 is 25.7 Å². The molecule has 1 saturated heterocycles. The van der Waals surface area contributed by atoms with Gasteiger partial charge in [0.25, 0.3) is 10.0 Å². The molecule has 0 spiro atoms. The predicted octanol–water partition coefficient (Wildman–Crippen LogP) is -0.724. The summed E-state index contributed by atoms with van der Waals surface area (Å²) in [5, 5.41) is 0. The van der Waals surface area contributed by atoms with E-state index in [9.17, 15) is 17.4 Å². The van der Waals surface area contributed by atoms with Gasteiger partial charge in [-0.05, 0) is 0 Å². The molecule has 0 aromatic heterocycles. The van der Waals surface area contributed by atoms with Crippen LogP contribution in [0, 0.1) is 0 Å². The molecule has 8 heteroatoms. The van der Waals surface area contributed by atoms with Crippen LogP contribution in [0.2, 0.25) is 0 Å². The molecule has 1 heterocycles. The van der Waals surface area contributed by atoms with Gasteiger partial charge in [-0.1, -0.05) is 0 Å². The van der Waals surface area contributed by atoms with Crippen LogP contribution in [0.4, 0.5) is 0 Å². The van der Waals surface area contributed by atoms with Crippen molar-refractivity contribution in [2.45, 2.75) is 6.92 Å². The van der Waals surface area contributed by atoms with E-state index >= 15 is 0 Å². The average molecular weight is 254 g/mol. The Hall–Kier alpha value is -0.630. The monoisotopic (exact) mass is 254 g/mol. The van der Waals surface area contributed by atoms with Gasteiger partial charge in [-0.15, -0.1) is 3.77 Å². The Morgan fingerprint density at radius 3 is 2.13 bits per heavy atom. The van der Waals surface area contributed by atoms with E-state index in [1.807, 2.05) is 0 Å². The van der Waals surface area contributed by atoms with E-state index in [1.165, 1.54) is 6.92 Å². The lowest BCUT2D eigenvalue weighted by Crippen LogP contribution is -2.42. The van der Waals surface area contributed by atoms with Crippen LogP contribution in [0.25, 0.3) is 0 Å². The van der Waals surface area contributed by atoms with E-state index < -0.39 is 19.8 Å². The molecule has 0 radical (unpaired) electrons. The first-order valence-electron chi connectivity index (χ1n) is 4.41.